The molecule has 0 radical (unpaired) electrons. The maximum atomic E-state index is 10.3. The van der Waals surface area contributed by atoms with E-state index in [-0.39, 0.29) is 36.7 Å². The molecule has 0 aromatic heterocycles. The van der Waals surface area contributed by atoms with Gasteiger partial charge in [0.25, 0.3) is 0 Å². The van der Waals surface area contributed by atoms with Gasteiger partial charge in [-0.2, -0.15) is 0 Å². The van der Waals surface area contributed by atoms with Gasteiger partial charge in [-0.3, -0.25) is 9.28 Å². The van der Waals surface area contributed by atoms with Gasteiger partial charge in [0.05, 0.1) is 27.1 Å². The number of hydrogen-bond donors (Lipinski definition) is 3. The zero-order valence-corrected chi connectivity index (χ0v) is 13.9. The molecule has 1 unspecified atom stereocenters. The first-order valence-corrected chi connectivity index (χ1v) is 5.69. The zero-order valence-electron chi connectivity index (χ0n) is 13.2. The Hall–Kier alpha value is -1.15. The fourth-order valence-electron chi connectivity index (χ4n) is 1.35. The molecule has 12 heteroatoms. The van der Waals surface area contributed by atoms with Crippen LogP contribution in [0.2, 0.25) is 0 Å². The maximum Gasteiger partial charge on any atom is 1.00 e. The molecular formula is C11H20ClLiN2O8. The standard InChI is InChI=1S/C6H8O7.C5H11N2.ClH.Li.H2O/c7-3(8)1-6(13,5(11)12)2-4(9)10;1-7(2)4-3-6-5-7;;;/h13H,1-2H2,(H,7,8)(H,9,10)(H,11,12);5H,3-4H2,1-2H3;1H;;1H2/q;+1;;+1;/p-2. The van der Waals surface area contributed by atoms with E-state index >= 15 is 0 Å². The van der Waals surface area contributed by atoms with E-state index in [1.54, 1.807) is 0 Å². The maximum absolute atomic E-state index is 10.3. The van der Waals surface area contributed by atoms with Crippen molar-refractivity contribution in [2.45, 2.75) is 18.4 Å². The number of aliphatic imine (C=N–C) groups is 1. The Bertz CT molecular complexity index is 414. The first-order valence-electron chi connectivity index (χ1n) is 5.69. The molecule has 0 aliphatic carbocycles. The molecular weight excluding hydrogens is 331 g/mol. The summed E-state index contributed by atoms with van der Waals surface area (Å²) in [5.74, 6) is -5.34. The molecule has 0 aromatic rings. The molecule has 0 saturated heterocycles. The minimum Gasteiger partial charge on any atom is -1.00 e. The first-order chi connectivity index (χ1) is 8.98. The molecule has 23 heavy (non-hydrogen) atoms. The number of hydrogen-bond acceptors (Lipinski definition) is 6. The monoisotopic (exact) mass is 350 g/mol. The summed E-state index contributed by atoms with van der Waals surface area (Å²) < 4.78 is 0.958. The predicted molar refractivity (Wildman–Crippen MR) is 68.4 cm³/mol. The van der Waals surface area contributed by atoms with E-state index in [2.05, 4.69) is 19.1 Å². The van der Waals surface area contributed by atoms with Gasteiger partial charge in [-0.15, -0.1) is 0 Å². The molecule has 0 saturated carbocycles. The topological polar surface area (TPSA) is 179 Å². The van der Waals surface area contributed by atoms with Crippen molar-refractivity contribution in [3.63, 3.8) is 0 Å². The average molecular weight is 351 g/mol. The third-order valence-electron chi connectivity index (χ3n) is 2.48. The first kappa shape index (κ1) is 29.8. The van der Waals surface area contributed by atoms with Crippen LogP contribution in [0.4, 0.5) is 0 Å². The van der Waals surface area contributed by atoms with Crippen LogP contribution in [0, 0.1) is 0 Å². The third kappa shape index (κ3) is 13.0. The summed E-state index contributed by atoms with van der Waals surface area (Å²) in [5, 5.41) is 35.5. The fourth-order valence-corrected chi connectivity index (χ4v) is 1.35. The largest absolute Gasteiger partial charge is 1.00 e. The second-order valence-corrected chi connectivity index (χ2v) is 4.98. The van der Waals surface area contributed by atoms with Crippen LogP contribution in [-0.4, -0.2) is 82.3 Å². The van der Waals surface area contributed by atoms with Crippen LogP contribution in [0.15, 0.2) is 4.99 Å². The van der Waals surface area contributed by atoms with Crippen molar-refractivity contribution in [3.8, 4) is 0 Å². The molecule has 1 heterocycles. The molecule has 5 N–H and O–H groups in total. The van der Waals surface area contributed by atoms with E-state index in [0.717, 1.165) is 11.0 Å². The van der Waals surface area contributed by atoms with Crippen LogP contribution in [0.25, 0.3) is 0 Å². The zero-order chi connectivity index (χ0) is 16.0. The second kappa shape index (κ2) is 12.3. The van der Waals surface area contributed by atoms with Gasteiger partial charge in [-0.25, -0.2) is 9.79 Å². The number of carboxylic acids is 3. The van der Waals surface area contributed by atoms with Crippen molar-refractivity contribution in [1.82, 2.24) is 0 Å². The van der Waals surface area contributed by atoms with Crippen LogP contribution in [-0.2, 0) is 14.4 Å². The van der Waals surface area contributed by atoms with Crippen molar-refractivity contribution < 1.29 is 76.0 Å². The van der Waals surface area contributed by atoms with Crippen LogP contribution in [0.1, 0.15) is 12.8 Å². The van der Waals surface area contributed by atoms with Gasteiger partial charge < -0.3 is 43.1 Å². The Kier molecular flexibility index (Phi) is 15.9. The van der Waals surface area contributed by atoms with E-state index < -0.39 is 36.4 Å². The molecule has 1 aliphatic rings. The van der Waals surface area contributed by atoms with E-state index in [1.165, 1.54) is 6.54 Å². The summed E-state index contributed by atoms with van der Waals surface area (Å²) in [7, 11) is 4.30. The second-order valence-electron chi connectivity index (χ2n) is 4.98. The van der Waals surface area contributed by atoms with Crippen molar-refractivity contribution in [2.75, 3.05) is 27.2 Å². The number of aliphatic carboxylic acids is 3. The van der Waals surface area contributed by atoms with Crippen molar-refractivity contribution in [3.05, 3.63) is 0 Å². The van der Waals surface area contributed by atoms with E-state index in [1.807, 2.05) is 6.34 Å². The summed E-state index contributed by atoms with van der Waals surface area (Å²) in [6, 6.07) is 0. The number of quaternary nitrogens is 1. The number of aliphatic hydroxyl groups is 1. The summed E-state index contributed by atoms with van der Waals surface area (Å²) in [6.45, 7) is 2.17. The number of carbonyl (C=O) groups is 3. The fraction of sp³-hybridized carbons (Fsp3) is 0.636. The number of likely N-dealkylation sites (N-methyl/N-ethyl adjacent to an activating group) is 1. The Morgan fingerprint density at radius 1 is 1.26 bits per heavy atom. The minimum atomic E-state index is -2.80. The molecule has 0 fully saturated rings. The third-order valence-corrected chi connectivity index (χ3v) is 2.48. The van der Waals surface area contributed by atoms with Crippen LogP contribution in [0.5, 0.6) is 0 Å². The summed E-state index contributed by atoms with van der Waals surface area (Å²) >= 11 is 0. The Balaban J connectivity index is -0.000000156. The van der Waals surface area contributed by atoms with Crippen LogP contribution < -0.4 is 36.4 Å². The van der Waals surface area contributed by atoms with Gasteiger partial charge in [-0.1, -0.05) is 0 Å². The summed E-state index contributed by atoms with van der Waals surface area (Å²) in [5.41, 5.74) is -2.80. The number of nitrogens with zero attached hydrogens (tertiary/aromatic N) is 2. The molecule has 1 rings (SSSR count). The van der Waals surface area contributed by atoms with Crippen LogP contribution in [0.3, 0.4) is 0 Å². The van der Waals surface area contributed by atoms with Gasteiger partial charge in [-0.05, 0) is 0 Å². The molecule has 10 nitrogen and oxygen atoms in total. The quantitative estimate of drug-likeness (QED) is 0.325. The van der Waals surface area contributed by atoms with Gasteiger partial charge in [0.1, 0.15) is 6.54 Å². The van der Waals surface area contributed by atoms with Crippen molar-refractivity contribution in [1.29, 1.82) is 0 Å². The Morgan fingerprint density at radius 2 is 1.74 bits per heavy atom. The Morgan fingerprint density at radius 3 is 1.91 bits per heavy atom. The summed E-state index contributed by atoms with van der Waals surface area (Å²) in [4.78, 5) is 34.4. The molecule has 0 spiro atoms. The Labute approximate surface area is 151 Å². The molecule has 1 atom stereocenters. The van der Waals surface area contributed by atoms with Gasteiger partial charge in [0, 0.05) is 12.4 Å². The summed E-state index contributed by atoms with van der Waals surface area (Å²) in [6.07, 6.45) is -0.453. The molecule has 0 bridgehead atoms. The SMILES string of the molecule is C[N+]1(C)C=NCC1.O.O=C([O-])CC(O)(CC(=O)O)C(=O)O.[Cl-].[Li+]. The van der Waals surface area contributed by atoms with E-state index in [4.69, 9.17) is 15.3 Å². The molecule has 0 amide bonds. The molecule has 130 valence electrons. The number of carboxylic acid groups (broad SMARTS) is 3. The van der Waals surface area contributed by atoms with Crippen molar-refractivity contribution >= 4 is 24.2 Å². The number of halogens is 1. The molecule has 0 aromatic carbocycles. The predicted octanol–water partition coefficient (Wildman–Crippen LogP) is -9.30. The van der Waals surface area contributed by atoms with Gasteiger partial charge in [0.2, 0.25) is 0 Å². The van der Waals surface area contributed by atoms with Crippen molar-refractivity contribution in [2.24, 2.45) is 4.99 Å². The van der Waals surface area contributed by atoms with Gasteiger partial charge >= 0.3 is 30.8 Å². The average Bonchev–Trinajstić information content (AvgIpc) is 2.61. The van der Waals surface area contributed by atoms with Crippen LogP contribution >= 0.6 is 0 Å². The number of rotatable bonds is 5. The minimum absolute atomic E-state index is 0. The smallest absolute Gasteiger partial charge is 1.00 e. The molecule has 1 aliphatic heterocycles. The van der Waals surface area contributed by atoms with E-state index in [0.29, 0.717) is 0 Å². The number of carbonyl (C=O) groups excluding carboxylic acids is 1. The normalized spacial score (nSPS) is 16.1. The van der Waals surface area contributed by atoms with E-state index in [9.17, 15) is 19.5 Å². The van der Waals surface area contributed by atoms with Gasteiger partial charge in [0.15, 0.2) is 11.9 Å².